The Labute approximate surface area is 220 Å². The number of barbiturate groups is 1. The van der Waals surface area contributed by atoms with Gasteiger partial charge in [-0.3, -0.25) is 14.9 Å². The minimum Gasteiger partial charge on any atom is -0.508 e. The van der Waals surface area contributed by atoms with E-state index in [4.69, 9.17) is 21.1 Å². The van der Waals surface area contributed by atoms with Crippen LogP contribution in [0, 0.1) is 0 Å². The van der Waals surface area contributed by atoms with E-state index in [-0.39, 0.29) is 23.6 Å². The van der Waals surface area contributed by atoms with Gasteiger partial charge in [-0.05, 0) is 88.6 Å². The highest BCUT2D eigenvalue weighted by molar-refractivity contribution is 9.10. The fourth-order valence-corrected chi connectivity index (χ4v) is 4.17. The molecule has 4 rings (SSSR count). The molecule has 0 aliphatic carbocycles. The molecule has 184 valence electrons. The summed E-state index contributed by atoms with van der Waals surface area (Å²) < 4.78 is 12.3. The average Bonchev–Trinajstić information content (AvgIpc) is 2.83. The zero-order valence-corrected chi connectivity index (χ0v) is 21.3. The Kier molecular flexibility index (Phi) is 7.61. The van der Waals surface area contributed by atoms with Gasteiger partial charge in [0.15, 0.2) is 11.5 Å². The monoisotopic (exact) mass is 570 g/mol. The first kappa shape index (κ1) is 25.3. The van der Waals surface area contributed by atoms with Crippen molar-refractivity contribution in [3.05, 3.63) is 86.9 Å². The maximum atomic E-state index is 13.1. The summed E-state index contributed by atoms with van der Waals surface area (Å²) in [7, 11) is 0. The normalized spacial score (nSPS) is 14.7. The first-order valence-electron chi connectivity index (χ1n) is 10.8. The number of anilines is 1. The molecule has 2 N–H and O–H groups in total. The van der Waals surface area contributed by atoms with Crippen molar-refractivity contribution in [2.24, 2.45) is 0 Å². The zero-order valence-electron chi connectivity index (χ0n) is 19.0. The maximum absolute atomic E-state index is 13.1. The lowest BCUT2D eigenvalue weighted by Gasteiger charge is -2.26. The number of hydrogen-bond donors (Lipinski definition) is 2. The van der Waals surface area contributed by atoms with Crippen LogP contribution >= 0.6 is 27.5 Å². The summed E-state index contributed by atoms with van der Waals surface area (Å²) in [6, 6.07) is 15.2. The standard InChI is InChI=1S/C26H20BrClN2O6/c1-2-35-22-13-16(12-21(27)23(22)36-14-15-3-5-17(28)6-4-15)11-20-24(32)29-26(34)30(25(20)33)18-7-9-19(31)10-8-18/h3-13,31H,2,14H2,1H3,(H,29,32,34)/b20-11+. The Bertz CT molecular complexity index is 1360. The molecular weight excluding hydrogens is 552 g/mol. The number of urea groups is 1. The van der Waals surface area contributed by atoms with Crippen molar-refractivity contribution in [3.63, 3.8) is 0 Å². The Balaban J connectivity index is 1.65. The van der Waals surface area contributed by atoms with Gasteiger partial charge in [0.25, 0.3) is 11.8 Å². The van der Waals surface area contributed by atoms with E-state index in [0.29, 0.717) is 33.2 Å². The number of carbonyl (C=O) groups is 3. The number of aromatic hydroxyl groups is 1. The van der Waals surface area contributed by atoms with Gasteiger partial charge in [0.05, 0.1) is 16.8 Å². The number of imide groups is 2. The maximum Gasteiger partial charge on any atom is 0.335 e. The van der Waals surface area contributed by atoms with Crippen LogP contribution in [0.15, 0.2) is 70.7 Å². The van der Waals surface area contributed by atoms with Crippen molar-refractivity contribution in [3.8, 4) is 17.2 Å². The van der Waals surface area contributed by atoms with Crippen molar-refractivity contribution in [1.82, 2.24) is 5.32 Å². The van der Waals surface area contributed by atoms with Gasteiger partial charge in [-0.1, -0.05) is 23.7 Å². The molecule has 1 fully saturated rings. The highest BCUT2D eigenvalue weighted by Crippen LogP contribution is 2.38. The number of ether oxygens (including phenoxy) is 2. The lowest BCUT2D eigenvalue weighted by molar-refractivity contribution is -0.122. The van der Waals surface area contributed by atoms with E-state index in [9.17, 15) is 19.5 Å². The molecule has 0 saturated carbocycles. The van der Waals surface area contributed by atoms with Gasteiger partial charge in [0.1, 0.15) is 17.9 Å². The van der Waals surface area contributed by atoms with Crippen LogP contribution in [0.5, 0.6) is 17.2 Å². The summed E-state index contributed by atoms with van der Waals surface area (Å²) in [6.07, 6.45) is 1.37. The first-order chi connectivity index (χ1) is 17.3. The van der Waals surface area contributed by atoms with Gasteiger partial charge in [0.2, 0.25) is 0 Å². The van der Waals surface area contributed by atoms with E-state index in [0.717, 1.165) is 10.5 Å². The van der Waals surface area contributed by atoms with Crippen LogP contribution in [0.4, 0.5) is 10.5 Å². The second-order valence-electron chi connectivity index (χ2n) is 7.65. The predicted octanol–water partition coefficient (Wildman–Crippen LogP) is 5.45. The Morgan fingerprint density at radius 2 is 1.72 bits per heavy atom. The quantitative estimate of drug-likeness (QED) is 0.289. The third-order valence-electron chi connectivity index (χ3n) is 5.15. The molecule has 1 aliphatic rings. The summed E-state index contributed by atoms with van der Waals surface area (Å²) in [5, 5.41) is 12.3. The van der Waals surface area contributed by atoms with Crippen LogP contribution in [-0.4, -0.2) is 29.6 Å². The van der Waals surface area contributed by atoms with Crippen LogP contribution in [-0.2, 0) is 16.2 Å². The SMILES string of the molecule is CCOc1cc(/C=C2\C(=O)NC(=O)N(c3ccc(O)cc3)C2=O)cc(Br)c1OCc1ccc(Cl)cc1. The van der Waals surface area contributed by atoms with E-state index in [2.05, 4.69) is 21.2 Å². The molecule has 0 unspecified atom stereocenters. The second kappa shape index (κ2) is 10.8. The second-order valence-corrected chi connectivity index (χ2v) is 8.94. The summed E-state index contributed by atoms with van der Waals surface area (Å²) in [5.41, 5.74) is 1.34. The molecule has 0 atom stereocenters. The number of benzene rings is 3. The van der Waals surface area contributed by atoms with E-state index < -0.39 is 17.8 Å². The molecule has 3 aromatic carbocycles. The predicted molar refractivity (Wildman–Crippen MR) is 138 cm³/mol. The van der Waals surface area contributed by atoms with Crippen molar-refractivity contribution in [1.29, 1.82) is 0 Å². The van der Waals surface area contributed by atoms with Gasteiger partial charge < -0.3 is 14.6 Å². The number of halogens is 2. The number of rotatable bonds is 7. The number of hydrogen-bond acceptors (Lipinski definition) is 6. The summed E-state index contributed by atoms with van der Waals surface area (Å²) >= 11 is 9.42. The topological polar surface area (TPSA) is 105 Å². The van der Waals surface area contributed by atoms with Crippen LogP contribution in [0.3, 0.4) is 0 Å². The molecule has 1 saturated heterocycles. The molecule has 0 bridgehead atoms. The van der Waals surface area contributed by atoms with E-state index in [1.165, 1.54) is 30.3 Å². The fraction of sp³-hybridized carbons (Fsp3) is 0.115. The minimum absolute atomic E-state index is 0.0258. The molecule has 3 aromatic rings. The third-order valence-corrected chi connectivity index (χ3v) is 5.99. The number of nitrogens with zero attached hydrogens (tertiary/aromatic N) is 1. The van der Waals surface area contributed by atoms with E-state index in [1.807, 2.05) is 19.1 Å². The number of phenolic OH excluding ortho intramolecular Hbond substituents is 1. The van der Waals surface area contributed by atoms with Crippen molar-refractivity contribution in [2.45, 2.75) is 13.5 Å². The van der Waals surface area contributed by atoms with Gasteiger partial charge in [0, 0.05) is 5.02 Å². The zero-order chi connectivity index (χ0) is 25.8. The third kappa shape index (κ3) is 5.53. The molecule has 1 aliphatic heterocycles. The molecule has 4 amide bonds. The number of carbonyl (C=O) groups excluding carboxylic acids is 3. The molecule has 10 heteroatoms. The van der Waals surface area contributed by atoms with Crippen molar-refractivity contribution in [2.75, 3.05) is 11.5 Å². The number of nitrogens with one attached hydrogen (secondary N) is 1. The van der Waals surface area contributed by atoms with Gasteiger partial charge in [-0.2, -0.15) is 0 Å². The Hall–Kier alpha value is -3.82. The van der Waals surface area contributed by atoms with Crippen LogP contribution in [0.1, 0.15) is 18.1 Å². The molecule has 36 heavy (non-hydrogen) atoms. The molecule has 1 heterocycles. The van der Waals surface area contributed by atoms with Gasteiger partial charge >= 0.3 is 6.03 Å². The smallest absolute Gasteiger partial charge is 0.335 e. The van der Waals surface area contributed by atoms with Gasteiger partial charge in [-0.25, -0.2) is 9.69 Å². The lowest BCUT2D eigenvalue weighted by atomic mass is 10.1. The number of phenols is 1. The molecule has 0 aromatic heterocycles. The molecule has 8 nitrogen and oxygen atoms in total. The lowest BCUT2D eigenvalue weighted by Crippen LogP contribution is -2.54. The summed E-state index contributed by atoms with van der Waals surface area (Å²) in [6.45, 7) is 2.44. The fourth-order valence-electron chi connectivity index (χ4n) is 3.47. The van der Waals surface area contributed by atoms with Crippen LogP contribution in [0.25, 0.3) is 6.08 Å². The summed E-state index contributed by atoms with van der Waals surface area (Å²) in [5.74, 6) is -0.789. The summed E-state index contributed by atoms with van der Waals surface area (Å²) in [4.78, 5) is 38.9. The van der Waals surface area contributed by atoms with Crippen molar-refractivity contribution < 1.29 is 29.0 Å². The van der Waals surface area contributed by atoms with E-state index >= 15 is 0 Å². The molecule has 0 spiro atoms. The van der Waals surface area contributed by atoms with Crippen molar-refractivity contribution >= 4 is 57.1 Å². The highest BCUT2D eigenvalue weighted by Gasteiger charge is 2.36. The molecular formula is C26H20BrClN2O6. The Morgan fingerprint density at radius 3 is 2.39 bits per heavy atom. The average molecular weight is 572 g/mol. The largest absolute Gasteiger partial charge is 0.508 e. The van der Waals surface area contributed by atoms with Crippen LogP contribution < -0.4 is 19.7 Å². The minimum atomic E-state index is -0.880. The van der Waals surface area contributed by atoms with Gasteiger partial charge in [-0.15, -0.1) is 0 Å². The first-order valence-corrected chi connectivity index (χ1v) is 12.0. The molecule has 0 radical (unpaired) electrons. The number of amides is 4. The highest BCUT2D eigenvalue weighted by atomic mass is 79.9. The van der Waals surface area contributed by atoms with Crippen LogP contribution in [0.2, 0.25) is 5.02 Å². The van der Waals surface area contributed by atoms with E-state index in [1.54, 1.807) is 24.3 Å². The Morgan fingerprint density at radius 1 is 1.03 bits per heavy atom.